The van der Waals surface area contributed by atoms with E-state index in [-0.39, 0.29) is 57.7 Å². The van der Waals surface area contributed by atoms with E-state index in [1.807, 2.05) is 0 Å². The van der Waals surface area contributed by atoms with Gasteiger partial charge < -0.3 is 59.7 Å². The fraction of sp³-hybridized carbons (Fsp3) is 0.545. The third-order valence-electron chi connectivity index (χ3n) is 11.4. The second kappa shape index (κ2) is 20.4. The maximum atomic E-state index is 14.4. The third-order valence-corrected chi connectivity index (χ3v) is 11.4. The minimum Gasteiger partial charge on any atom is -0.507 e. The zero-order chi connectivity index (χ0) is 44.6. The number of unbranched alkanes of at least 4 members (excludes halogenated alkanes) is 3. The molecule has 7 N–H and O–H groups in total. The van der Waals surface area contributed by atoms with Crippen molar-refractivity contribution >= 4 is 40.3 Å². The Morgan fingerprint density at radius 2 is 1.62 bits per heavy atom. The molecule has 0 unspecified atom stereocenters. The number of phenolic OH excluding ortho intramolecular Hbond substituents is 3. The van der Waals surface area contributed by atoms with E-state index < -0.39 is 88.8 Å². The van der Waals surface area contributed by atoms with Crippen LogP contribution in [0, 0.1) is 30.6 Å². The summed E-state index contributed by atoms with van der Waals surface area (Å²) in [4.78, 5) is 45.8. The summed E-state index contributed by atoms with van der Waals surface area (Å²) in [5.41, 5.74) is -0.664. The van der Waals surface area contributed by atoms with E-state index in [9.17, 15) is 39.9 Å². The Kier molecular flexibility index (Phi) is 16.2. The lowest BCUT2D eigenvalue weighted by atomic mass is 9.78. The zero-order valence-corrected chi connectivity index (χ0v) is 35.7. The number of amides is 1. The van der Waals surface area contributed by atoms with Crippen LogP contribution < -0.4 is 10.1 Å². The van der Waals surface area contributed by atoms with Crippen LogP contribution in [0.15, 0.2) is 41.3 Å². The van der Waals surface area contributed by atoms with Crippen molar-refractivity contribution in [2.75, 3.05) is 25.6 Å². The molecule has 0 spiro atoms. The average molecular weight is 841 g/mol. The number of aliphatic hydroxyl groups is 3. The first-order valence-electron chi connectivity index (χ1n) is 20.2. The number of hydrogen-bond acceptors (Lipinski definition) is 15. The first-order valence-corrected chi connectivity index (χ1v) is 20.2. The van der Waals surface area contributed by atoms with Gasteiger partial charge in [0.15, 0.2) is 5.75 Å². The van der Waals surface area contributed by atoms with Gasteiger partial charge in [0.2, 0.25) is 0 Å². The summed E-state index contributed by atoms with van der Waals surface area (Å²) in [5.74, 6) is -8.74. The molecule has 0 radical (unpaired) electrons. The highest BCUT2D eigenvalue weighted by atomic mass is 16.7. The monoisotopic (exact) mass is 840 g/mol. The topological polar surface area (TPSA) is 243 Å². The Bertz CT molecular complexity index is 2030. The van der Waals surface area contributed by atoms with E-state index in [0.717, 1.165) is 19.1 Å². The quantitative estimate of drug-likeness (QED) is 0.0382. The summed E-state index contributed by atoms with van der Waals surface area (Å²) < 4.78 is 23.5. The molecule has 60 heavy (non-hydrogen) atoms. The lowest BCUT2D eigenvalue weighted by molar-refractivity contribution is -0.160. The summed E-state index contributed by atoms with van der Waals surface area (Å²) in [6, 6.07) is 0. The summed E-state index contributed by atoms with van der Waals surface area (Å²) in [5, 5.41) is 73.1. The normalized spacial score (nSPS) is 29.8. The lowest BCUT2D eigenvalue weighted by Crippen LogP contribution is -2.46. The molecule has 3 heterocycles. The van der Waals surface area contributed by atoms with Gasteiger partial charge in [0, 0.05) is 67.8 Å². The Balaban J connectivity index is 1.92. The minimum absolute atomic E-state index is 0.0255. The maximum absolute atomic E-state index is 14.4. The van der Waals surface area contributed by atoms with Crippen molar-refractivity contribution in [2.24, 2.45) is 28.8 Å². The first kappa shape index (κ1) is 47.5. The average Bonchev–Trinajstić information content (AvgIpc) is 3.47. The number of carbonyl (C=O) groups is 3. The van der Waals surface area contributed by atoms with Crippen molar-refractivity contribution in [1.29, 1.82) is 0 Å². The molecule has 5 bridgehead atoms. The van der Waals surface area contributed by atoms with Gasteiger partial charge in [-0.15, -0.1) is 0 Å². The number of methoxy groups -OCH3 is 1. The Morgan fingerprint density at radius 1 is 0.933 bits per heavy atom. The number of anilines is 1. The molecule has 16 nitrogen and oxygen atoms in total. The molecule has 3 aliphatic heterocycles. The minimum atomic E-state index is -2.07. The summed E-state index contributed by atoms with van der Waals surface area (Å²) >= 11 is 0. The number of oxime groups is 1. The Hall–Kier alpha value is -5.16. The molecule has 0 saturated heterocycles. The van der Waals surface area contributed by atoms with Gasteiger partial charge in [0.25, 0.3) is 11.7 Å². The van der Waals surface area contributed by atoms with Crippen molar-refractivity contribution in [2.45, 2.75) is 111 Å². The smallest absolute Gasteiger partial charge is 0.312 e. The van der Waals surface area contributed by atoms with Crippen molar-refractivity contribution in [1.82, 2.24) is 0 Å². The van der Waals surface area contributed by atoms with E-state index in [0.29, 0.717) is 12.8 Å². The zero-order valence-electron chi connectivity index (χ0n) is 35.7. The second-order valence-corrected chi connectivity index (χ2v) is 15.8. The number of carbonyl (C=O) groups excluding carboxylic acids is 3. The number of ether oxygens (including phenoxy) is 4. The molecule has 330 valence electrons. The standard InChI is InChI=1S/C44H60N2O14/c1-22-15-14-16-23(2)43(55)46-34-29(21-45-58-19-13-11-10-12-18-47)38(52)31-32(39(34)53)37(51)27(6)41-33(31)42(54)44(8,60-41)57-20-17-30(56-9)24(3)40(59-28(7)48)26(5)36(50)25(4)35(22)49/h14-17,20-22,24-26,30,35-36,40,47,49-53H,10-13,18-19H2,1-9H3,(H,46,55)/b15-14-,20-17-,23-16-,45-21+/t22-,24+,25+,26+,30-,35-,36+,40+,44-/m0/s1. The van der Waals surface area contributed by atoms with E-state index in [4.69, 9.17) is 28.9 Å². The van der Waals surface area contributed by atoms with Crippen LogP contribution in [0.2, 0.25) is 0 Å². The van der Waals surface area contributed by atoms with Gasteiger partial charge in [0.1, 0.15) is 30.0 Å². The van der Waals surface area contributed by atoms with Crippen molar-refractivity contribution in [3.8, 4) is 23.0 Å². The SMILES string of the molecule is CO[C@H]1/C=C\O[C@@]2(C)Oc3c(C)c(O)c4c(O)c(c(/C=N/OCCCCCCO)c(O)c4c3C2=O)NC(=O)/C(C)=C\C=C/[C@H](C)[C@H](O)[C@@H](C)[C@@H](O)[C@@H](C)[C@H](OC(C)=O)[C@@H]1C. The molecule has 2 aromatic carbocycles. The van der Waals surface area contributed by atoms with Crippen LogP contribution in [0.3, 0.4) is 0 Å². The number of fused-ring (bicyclic) bond motifs is 14. The van der Waals surface area contributed by atoms with Crippen LogP contribution >= 0.6 is 0 Å². The van der Waals surface area contributed by atoms with Crippen LogP contribution in [0.5, 0.6) is 23.0 Å². The molecule has 0 fully saturated rings. The van der Waals surface area contributed by atoms with Gasteiger partial charge in [-0.1, -0.05) is 57.5 Å². The largest absolute Gasteiger partial charge is 0.507 e. The number of rotatable bonds is 10. The first-order chi connectivity index (χ1) is 28.3. The number of nitrogens with one attached hydrogen (secondary N) is 1. The van der Waals surface area contributed by atoms with E-state index in [1.165, 1.54) is 53.2 Å². The molecule has 0 aromatic heterocycles. The number of aromatic hydroxyl groups is 3. The van der Waals surface area contributed by atoms with Crippen LogP contribution in [0.25, 0.3) is 10.8 Å². The number of esters is 1. The number of ketones is 1. The van der Waals surface area contributed by atoms with Gasteiger partial charge in [-0.3, -0.25) is 14.4 Å². The van der Waals surface area contributed by atoms with Crippen molar-refractivity contribution in [3.05, 3.63) is 52.8 Å². The van der Waals surface area contributed by atoms with E-state index in [1.54, 1.807) is 39.8 Å². The maximum Gasteiger partial charge on any atom is 0.312 e. The number of benzene rings is 2. The molecule has 16 heteroatoms. The third kappa shape index (κ3) is 10.1. The summed E-state index contributed by atoms with van der Waals surface area (Å²) in [6.07, 6.45) is 7.26. The molecule has 0 aliphatic carbocycles. The van der Waals surface area contributed by atoms with Gasteiger partial charge in [-0.2, -0.15) is 0 Å². The van der Waals surface area contributed by atoms with Crippen molar-refractivity contribution in [3.63, 3.8) is 0 Å². The van der Waals surface area contributed by atoms with E-state index >= 15 is 0 Å². The fourth-order valence-corrected chi connectivity index (χ4v) is 7.65. The molecule has 1 amide bonds. The summed E-state index contributed by atoms with van der Waals surface area (Å²) in [7, 11) is 1.42. The van der Waals surface area contributed by atoms with E-state index in [2.05, 4.69) is 10.5 Å². The number of allylic oxidation sites excluding steroid dienone is 2. The number of phenols is 3. The summed E-state index contributed by atoms with van der Waals surface area (Å²) in [6.45, 7) is 12.6. The molecule has 5 rings (SSSR count). The molecule has 3 aliphatic rings. The molecule has 0 saturated carbocycles. The van der Waals surface area contributed by atoms with Gasteiger partial charge >= 0.3 is 11.8 Å². The van der Waals surface area contributed by atoms with Gasteiger partial charge in [-0.05, 0) is 39.2 Å². The molecular formula is C44H60N2O14. The highest BCUT2D eigenvalue weighted by Gasteiger charge is 2.50. The Morgan fingerprint density at radius 3 is 2.27 bits per heavy atom. The van der Waals surface area contributed by atoms with Crippen LogP contribution in [-0.2, 0) is 28.6 Å². The fourth-order valence-electron chi connectivity index (χ4n) is 7.65. The van der Waals surface area contributed by atoms with Crippen LogP contribution in [-0.4, -0.2) is 105 Å². The highest BCUT2D eigenvalue weighted by molar-refractivity contribution is 6.23. The highest BCUT2D eigenvalue weighted by Crippen LogP contribution is 2.55. The number of aliphatic hydroxyl groups excluding tert-OH is 3. The van der Waals surface area contributed by atoms with Crippen LogP contribution in [0.1, 0.15) is 95.6 Å². The van der Waals surface area contributed by atoms with Crippen molar-refractivity contribution < 1.29 is 68.8 Å². The molecular weight excluding hydrogens is 780 g/mol. The second-order valence-electron chi connectivity index (χ2n) is 15.8. The predicted octanol–water partition coefficient (Wildman–Crippen LogP) is 5.66. The predicted molar refractivity (Wildman–Crippen MR) is 223 cm³/mol. The number of hydrogen-bond donors (Lipinski definition) is 7. The number of nitrogens with zero attached hydrogens (tertiary/aromatic N) is 1. The Labute approximate surface area is 350 Å². The molecule has 2 aromatic rings. The van der Waals surface area contributed by atoms with Gasteiger partial charge in [0.05, 0.1) is 53.0 Å². The number of Topliss-reactive ketones (excluding diaryl/α,β-unsaturated/α-hetero) is 1. The van der Waals surface area contributed by atoms with Gasteiger partial charge in [-0.25, -0.2) is 0 Å². The van der Waals surface area contributed by atoms with Crippen LogP contribution in [0.4, 0.5) is 5.69 Å². The lowest BCUT2D eigenvalue weighted by Gasteiger charge is -2.38. The molecule has 9 atom stereocenters.